The van der Waals surface area contributed by atoms with Crippen LogP contribution in [-0.4, -0.2) is 0 Å². The summed E-state index contributed by atoms with van der Waals surface area (Å²) in [6, 6.07) is 3.69. The minimum atomic E-state index is 0.523. The van der Waals surface area contributed by atoms with Gasteiger partial charge in [0.15, 0.2) is 0 Å². The standard InChI is InChI=1S/C5HBrClNS/c6-5-1-3(7)4(2-8)9-5/h1H. The number of halogens is 2. The number of hydrogen-bond acceptors (Lipinski definition) is 2. The Morgan fingerprint density at radius 2 is 2.44 bits per heavy atom. The summed E-state index contributed by atoms with van der Waals surface area (Å²) < 4.78 is 0.893. The predicted octanol–water partition coefficient (Wildman–Crippen LogP) is 3.04. The summed E-state index contributed by atoms with van der Waals surface area (Å²) in [5.41, 5.74) is 0. The van der Waals surface area contributed by atoms with Crippen LogP contribution >= 0.6 is 38.9 Å². The molecule has 0 N–H and O–H groups in total. The Balaban J connectivity index is 3.20. The number of thiophene rings is 1. The lowest BCUT2D eigenvalue weighted by atomic mass is 10.5. The normalized spacial score (nSPS) is 9.00. The summed E-state index contributed by atoms with van der Waals surface area (Å²) in [6.07, 6.45) is 0. The first-order valence-electron chi connectivity index (χ1n) is 2.09. The average molecular weight is 222 g/mol. The van der Waals surface area contributed by atoms with Gasteiger partial charge in [0.05, 0.1) is 8.81 Å². The Kier molecular flexibility index (Phi) is 2.12. The SMILES string of the molecule is N#Cc1sc(Br)cc1Cl. The van der Waals surface area contributed by atoms with Crippen molar-refractivity contribution in [3.05, 3.63) is 19.8 Å². The van der Waals surface area contributed by atoms with Crippen LogP contribution in [0.5, 0.6) is 0 Å². The maximum Gasteiger partial charge on any atom is 0.124 e. The molecule has 0 radical (unpaired) electrons. The molecule has 1 aromatic rings. The highest BCUT2D eigenvalue weighted by atomic mass is 79.9. The molecule has 1 aromatic heterocycles. The van der Waals surface area contributed by atoms with Crippen molar-refractivity contribution in [2.45, 2.75) is 0 Å². The molecule has 1 heterocycles. The van der Waals surface area contributed by atoms with E-state index >= 15 is 0 Å². The van der Waals surface area contributed by atoms with E-state index in [-0.39, 0.29) is 0 Å². The molecule has 0 bridgehead atoms. The van der Waals surface area contributed by atoms with Crippen LogP contribution in [0.25, 0.3) is 0 Å². The van der Waals surface area contributed by atoms with E-state index in [1.165, 1.54) is 11.3 Å². The van der Waals surface area contributed by atoms with E-state index in [4.69, 9.17) is 16.9 Å². The van der Waals surface area contributed by atoms with Crippen molar-refractivity contribution >= 4 is 38.9 Å². The van der Waals surface area contributed by atoms with Crippen molar-refractivity contribution in [3.63, 3.8) is 0 Å². The smallest absolute Gasteiger partial charge is 0.124 e. The van der Waals surface area contributed by atoms with Crippen LogP contribution in [0.15, 0.2) is 9.85 Å². The van der Waals surface area contributed by atoms with Crippen LogP contribution in [-0.2, 0) is 0 Å². The van der Waals surface area contributed by atoms with Gasteiger partial charge in [0.1, 0.15) is 10.9 Å². The highest BCUT2D eigenvalue weighted by Gasteiger charge is 2.02. The van der Waals surface area contributed by atoms with Gasteiger partial charge >= 0.3 is 0 Å². The quantitative estimate of drug-likeness (QED) is 0.662. The van der Waals surface area contributed by atoms with Gasteiger partial charge in [0.25, 0.3) is 0 Å². The summed E-state index contributed by atoms with van der Waals surface area (Å²) >= 11 is 10.1. The first-order valence-corrected chi connectivity index (χ1v) is 4.07. The highest BCUT2D eigenvalue weighted by molar-refractivity contribution is 9.11. The Morgan fingerprint density at radius 1 is 1.78 bits per heavy atom. The van der Waals surface area contributed by atoms with Crippen LogP contribution < -0.4 is 0 Å². The molecule has 1 rings (SSSR count). The Labute approximate surface area is 70.0 Å². The van der Waals surface area contributed by atoms with Gasteiger partial charge < -0.3 is 0 Å². The lowest BCUT2D eigenvalue weighted by molar-refractivity contribution is 1.52. The lowest BCUT2D eigenvalue weighted by Crippen LogP contribution is -1.57. The van der Waals surface area contributed by atoms with Crippen LogP contribution in [0, 0.1) is 11.3 Å². The van der Waals surface area contributed by atoms with Gasteiger partial charge in [-0.1, -0.05) is 11.6 Å². The monoisotopic (exact) mass is 221 g/mol. The second-order valence-electron chi connectivity index (χ2n) is 1.34. The fourth-order valence-corrected chi connectivity index (χ4v) is 2.17. The van der Waals surface area contributed by atoms with E-state index in [1.807, 2.05) is 6.07 Å². The highest BCUT2D eigenvalue weighted by Crippen LogP contribution is 2.29. The molecule has 0 aliphatic rings. The van der Waals surface area contributed by atoms with Crippen molar-refractivity contribution in [1.29, 1.82) is 5.26 Å². The third kappa shape index (κ3) is 1.45. The maximum atomic E-state index is 8.39. The first kappa shape index (κ1) is 7.07. The molecule has 0 aromatic carbocycles. The maximum absolute atomic E-state index is 8.39. The van der Waals surface area contributed by atoms with Crippen molar-refractivity contribution < 1.29 is 0 Å². The van der Waals surface area contributed by atoms with E-state index in [2.05, 4.69) is 15.9 Å². The Hall–Kier alpha value is -0.0400. The Morgan fingerprint density at radius 3 is 2.67 bits per heavy atom. The van der Waals surface area contributed by atoms with Gasteiger partial charge in [-0.05, 0) is 22.0 Å². The summed E-state index contributed by atoms with van der Waals surface area (Å²) in [5.74, 6) is 0. The van der Waals surface area contributed by atoms with Gasteiger partial charge in [-0.15, -0.1) is 11.3 Å². The van der Waals surface area contributed by atoms with E-state index < -0.39 is 0 Å². The van der Waals surface area contributed by atoms with Crippen LogP contribution in [0.1, 0.15) is 4.88 Å². The van der Waals surface area contributed by atoms with E-state index in [0.717, 1.165) is 3.79 Å². The molecular weight excluding hydrogens is 221 g/mol. The molecule has 0 spiro atoms. The van der Waals surface area contributed by atoms with Gasteiger partial charge in [-0.25, -0.2) is 0 Å². The number of hydrogen-bond donors (Lipinski definition) is 0. The van der Waals surface area contributed by atoms with Crippen molar-refractivity contribution in [2.75, 3.05) is 0 Å². The number of rotatable bonds is 0. The minimum Gasteiger partial charge on any atom is -0.191 e. The topological polar surface area (TPSA) is 23.8 Å². The predicted molar refractivity (Wildman–Crippen MR) is 41.7 cm³/mol. The molecule has 1 nitrogen and oxygen atoms in total. The second-order valence-corrected chi connectivity index (χ2v) is 4.18. The first-order chi connectivity index (χ1) is 4.24. The fraction of sp³-hybridized carbons (Fsp3) is 0. The molecule has 9 heavy (non-hydrogen) atoms. The van der Waals surface area contributed by atoms with Gasteiger partial charge in [0.2, 0.25) is 0 Å². The molecule has 4 heteroatoms. The average Bonchev–Trinajstić information content (AvgIpc) is 2.10. The van der Waals surface area contributed by atoms with Crippen LogP contribution in [0.3, 0.4) is 0 Å². The van der Waals surface area contributed by atoms with Gasteiger partial charge in [-0.3, -0.25) is 0 Å². The largest absolute Gasteiger partial charge is 0.191 e. The summed E-state index contributed by atoms with van der Waals surface area (Å²) in [6.45, 7) is 0. The molecule has 0 amide bonds. The zero-order chi connectivity index (χ0) is 6.85. The molecule has 0 unspecified atom stereocenters. The lowest BCUT2D eigenvalue weighted by Gasteiger charge is -1.73. The second kappa shape index (κ2) is 2.70. The third-order valence-electron chi connectivity index (χ3n) is 0.758. The van der Waals surface area contributed by atoms with Gasteiger partial charge in [-0.2, -0.15) is 5.26 Å². The van der Waals surface area contributed by atoms with Gasteiger partial charge in [0, 0.05) is 0 Å². The molecule has 0 saturated heterocycles. The summed E-state index contributed by atoms with van der Waals surface area (Å²) in [4.78, 5) is 0.559. The van der Waals surface area contributed by atoms with E-state index in [0.29, 0.717) is 9.90 Å². The Bertz CT molecular complexity index is 262. The summed E-state index contributed by atoms with van der Waals surface area (Å²) in [7, 11) is 0. The molecule has 46 valence electrons. The molecule has 0 fully saturated rings. The third-order valence-corrected chi connectivity index (χ3v) is 2.71. The molecule has 0 aliphatic carbocycles. The minimum absolute atomic E-state index is 0.523. The fourth-order valence-electron chi connectivity index (χ4n) is 0.417. The zero-order valence-electron chi connectivity index (χ0n) is 4.19. The van der Waals surface area contributed by atoms with Crippen molar-refractivity contribution in [1.82, 2.24) is 0 Å². The molecule has 0 saturated carbocycles. The van der Waals surface area contributed by atoms with Crippen molar-refractivity contribution in [2.24, 2.45) is 0 Å². The van der Waals surface area contributed by atoms with E-state index in [1.54, 1.807) is 6.07 Å². The molecular formula is C5HBrClNS. The molecule has 0 aliphatic heterocycles. The number of nitriles is 1. The van der Waals surface area contributed by atoms with Crippen LogP contribution in [0.2, 0.25) is 5.02 Å². The number of nitrogens with zero attached hydrogens (tertiary/aromatic N) is 1. The zero-order valence-corrected chi connectivity index (χ0v) is 7.35. The van der Waals surface area contributed by atoms with Crippen LogP contribution in [0.4, 0.5) is 0 Å². The van der Waals surface area contributed by atoms with Crippen molar-refractivity contribution in [3.8, 4) is 6.07 Å². The summed E-state index contributed by atoms with van der Waals surface area (Å²) in [5, 5.41) is 8.91. The molecule has 0 atom stereocenters. The van der Waals surface area contributed by atoms with E-state index in [9.17, 15) is 0 Å².